The minimum Gasteiger partial charge on any atom is -0.490 e. The van der Waals surface area contributed by atoms with Gasteiger partial charge in [-0.3, -0.25) is 4.79 Å². The highest BCUT2D eigenvalue weighted by molar-refractivity contribution is 6.00. The number of fused-ring (bicyclic) bond motifs is 1. The van der Waals surface area contributed by atoms with Crippen LogP contribution in [0.25, 0.3) is 11.0 Å². The van der Waals surface area contributed by atoms with Crippen LogP contribution in [0.4, 0.5) is 0 Å². The summed E-state index contributed by atoms with van der Waals surface area (Å²) in [5, 5.41) is 0.874. The van der Waals surface area contributed by atoms with E-state index in [2.05, 4.69) is 0 Å². The molecular formula is C18H23NO5. The second kappa shape index (κ2) is 7.13. The molecule has 2 aromatic rings. The molecule has 1 aliphatic rings. The maximum atomic E-state index is 12.8. The summed E-state index contributed by atoms with van der Waals surface area (Å²) >= 11 is 0. The maximum absolute atomic E-state index is 12.8. The minimum atomic E-state index is -0.104. The van der Waals surface area contributed by atoms with Gasteiger partial charge >= 0.3 is 0 Å². The molecule has 2 heterocycles. The first-order valence-corrected chi connectivity index (χ1v) is 8.36. The van der Waals surface area contributed by atoms with Gasteiger partial charge in [-0.1, -0.05) is 0 Å². The molecule has 6 heteroatoms. The number of aryl methyl sites for hydroxylation is 1. The normalized spacial score (nSPS) is 14.9. The Morgan fingerprint density at radius 3 is 2.54 bits per heavy atom. The van der Waals surface area contributed by atoms with Crippen molar-refractivity contribution in [3.05, 3.63) is 23.5 Å². The maximum Gasteiger partial charge on any atom is 0.290 e. The van der Waals surface area contributed by atoms with E-state index in [1.165, 1.54) is 0 Å². The van der Waals surface area contributed by atoms with Crippen LogP contribution in [0.2, 0.25) is 0 Å². The third kappa shape index (κ3) is 2.94. The molecule has 0 unspecified atom stereocenters. The van der Waals surface area contributed by atoms with E-state index in [4.69, 9.17) is 18.6 Å². The van der Waals surface area contributed by atoms with Crippen LogP contribution in [-0.2, 0) is 4.74 Å². The molecule has 1 fully saturated rings. The van der Waals surface area contributed by atoms with Crippen LogP contribution in [0.3, 0.4) is 0 Å². The van der Waals surface area contributed by atoms with Crippen LogP contribution in [0.15, 0.2) is 16.5 Å². The molecule has 1 aromatic carbocycles. The largest absolute Gasteiger partial charge is 0.490 e. The molecule has 130 valence electrons. The lowest BCUT2D eigenvalue weighted by molar-refractivity contribution is 0.0283. The fourth-order valence-corrected chi connectivity index (χ4v) is 2.91. The fraction of sp³-hybridized carbons (Fsp3) is 0.500. The summed E-state index contributed by atoms with van der Waals surface area (Å²) in [5.41, 5.74) is 1.39. The van der Waals surface area contributed by atoms with Crippen LogP contribution in [0, 0.1) is 6.92 Å². The third-order valence-corrected chi connectivity index (χ3v) is 4.11. The van der Waals surface area contributed by atoms with E-state index in [0.29, 0.717) is 62.4 Å². The first-order chi connectivity index (χ1) is 11.7. The molecule has 0 aliphatic carbocycles. The zero-order chi connectivity index (χ0) is 17.1. The van der Waals surface area contributed by atoms with Gasteiger partial charge in [0.05, 0.1) is 26.4 Å². The number of carbonyl (C=O) groups is 1. The summed E-state index contributed by atoms with van der Waals surface area (Å²) < 4.78 is 22.6. The Kier molecular flexibility index (Phi) is 4.94. The van der Waals surface area contributed by atoms with E-state index in [1.807, 2.05) is 32.9 Å². The highest BCUT2D eigenvalue weighted by Gasteiger charge is 2.26. The molecule has 0 N–H and O–H groups in total. The molecular weight excluding hydrogens is 310 g/mol. The Morgan fingerprint density at radius 1 is 1.17 bits per heavy atom. The number of carbonyl (C=O) groups excluding carboxylic acids is 1. The van der Waals surface area contributed by atoms with Crippen molar-refractivity contribution in [3.8, 4) is 11.5 Å². The van der Waals surface area contributed by atoms with E-state index >= 15 is 0 Å². The molecule has 0 spiro atoms. The second-order valence-electron chi connectivity index (χ2n) is 5.60. The van der Waals surface area contributed by atoms with E-state index in [9.17, 15) is 4.79 Å². The van der Waals surface area contributed by atoms with E-state index in [0.717, 1.165) is 10.9 Å². The Labute approximate surface area is 141 Å². The average molecular weight is 333 g/mol. The summed E-state index contributed by atoms with van der Waals surface area (Å²) in [5.74, 6) is 1.45. The molecule has 0 atom stereocenters. The summed E-state index contributed by atoms with van der Waals surface area (Å²) in [4.78, 5) is 14.5. The van der Waals surface area contributed by atoms with Crippen molar-refractivity contribution in [3.63, 3.8) is 0 Å². The van der Waals surface area contributed by atoms with E-state index in [1.54, 1.807) is 4.90 Å². The number of amides is 1. The van der Waals surface area contributed by atoms with Crippen molar-refractivity contribution in [2.75, 3.05) is 39.5 Å². The van der Waals surface area contributed by atoms with Crippen molar-refractivity contribution < 1.29 is 23.4 Å². The Bertz CT molecular complexity index is 731. The monoisotopic (exact) mass is 333 g/mol. The molecule has 1 aliphatic heterocycles. The van der Waals surface area contributed by atoms with Crippen molar-refractivity contribution in [2.45, 2.75) is 20.8 Å². The van der Waals surface area contributed by atoms with Crippen molar-refractivity contribution in [1.29, 1.82) is 0 Å². The summed E-state index contributed by atoms with van der Waals surface area (Å²) in [6.45, 7) is 9.03. The van der Waals surface area contributed by atoms with Gasteiger partial charge in [0.1, 0.15) is 0 Å². The van der Waals surface area contributed by atoms with Crippen LogP contribution in [-0.4, -0.2) is 50.3 Å². The minimum absolute atomic E-state index is 0.104. The van der Waals surface area contributed by atoms with Gasteiger partial charge in [-0.15, -0.1) is 0 Å². The summed E-state index contributed by atoms with van der Waals surface area (Å²) in [7, 11) is 0. The van der Waals surface area contributed by atoms with Crippen molar-refractivity contribution >= 4 is 16.9 Å². The number of rotatable bonds is 5. The zero-order valence-corrected chi connectivity index (χ0v) is 14.4. The van der Waals surface area contributed by atoms with Crippen LogP contribution in [0.5, 0.6) is 11.5 Å². The fourth-order valence-electron chi connectivity index (χ4n) is 2.91. The van der Waals surface area contributed by atoms with E-state index < -0.39 is 0 Å². The van der Waals surface area contributed by atoms with E-state index in [-0.39, 0.29) is 5.91 Å². The highest BCUT2D eigenvalue weighted by atomic mass is 16.5. The van der Waals surface area contributed by atoms with Crippen LogP contribution in [0.1, 0.15) is 30.0 Å². The predicted molar refractivity (Wildman–Crippen MR) is 90.0 cm³/mol. The standard InChI is InChI=1S/C18H23NO5/c1-4-22-14-7-6-13-12(3)15(24-16(13)17(14)23-5-2)18(20)19-8-10-21-11-9-19/h6-7H,4-5,8-11H2,1-3H3. The number of benzene rings is 1. The Morgan fingerprint density at radius 2 is 1.88 bits per heavy atom. The number of morpholine rings is 1. The van der Waals surface area contributed by atoms with Crippen LogP contribution < -0.4 is 9.47 Å². The molecule has 1 aromatic heterocycles. The van der Waals surface area contributed by atoms with Gasteiger partial charge in [0.25, 0.3) is 5.91 Å². The van der Waals surface area contributed by atoms with Gasteiger partial charge in [-0.25, -0.2) is 0 Å². The van der Waals surface area contributed by atoms with Gasteiger partial charge in [-0.05, 0) is 32.9 Å². The zero-order valence-electron chi connectivity index (χ0n) is 14.4. The predicted octanol–water partition coefficient (Wildman–Crippen LogP) is 3.01. The molecule has 6 nitrogen and oxygen atoms in total. The molecule has 24 heavy (non-hydrogen) atoms. The number of furan rings is 1. The number of nitrogens with zero attached hydrogens (tertiary/aromatic N) is 1. The van der Waals surface area contributed by atoms with Gasteiger partial charge in [-0.2, -0.15) is 0 Å². The first kappa shape index (κ1) is 16.6. The van der Waals surface area contributed by atoms with Gasteiger partial charge in [0.15, 0.2) is 17.1 Å². The average Bonchev–Trinajstić information content (AvgIpc) is 2.94. The summed E-state index contributed by atoms with van der Waals surface area (Å²) in [6, 6.07) is 3.78. The van der Waals surface area contributed by atoms with Gasteiger partial charge in [0.2, 0.25) is 5.75 Å². The molecule has 1 saturated heterocycles. The van der Waals surface area contributed by atoms with Crippen molar-refractivity contribution in [2.24, 2.45) is 0 Å². The molecule has 1 amide bonds. The molecule has 0 radical (unpaired) electrons. The molecule has 3 rings (SSSR count). The summed E-state index contributed by atoms with van der Waals surface area (Å²) in [6.07, 6.45) is 0. The molecule has 0 bridgehead atoms. The lowest BCUT2D eigenvalue weighted by Crippen LogP contribution is -2.40. The Hall–Kier alpha value is -2.21. The molecule has 0 saturated carbocycles. The number of ether oxygens (including phenoxy) is 3. The Balaban J connectivity index is 2.05. The topological polar surface area (TPSA) is 61.1 Å². The number of hydrogen-bond acceptors (Lipinski definition) is 5. The first-order valence-electron chi connectivity index (χ1n) is 8.36. The lowest BCUT2D eigenvalue weighted by Gasteiger charge is -2.26. The SMILES string of the molecule is CCOc1ccc2c(C)c(C(=O)N3CCOCC3)oc2c1OCC. The van der Waals surface area contributed by atoms with Gasteiger partial charge < -0.3 is 23.5 Å². The number of hydrogen-bond donors (Lipinski definition) is 0. The lowest BCUT2D eigenvalue weighted by atomic mass is 10.1. The van der Waals surface area contributed by atoms with Crippen molar-refractivity contribution in [1.82, 2.24) is 4.90 Å². The second-order valence-corrected chi connectivity index (χ2v) is 5.60. The van der Waals surface area contributed by atoms with Gasteiger partial charge in [0, 0.05) is 24.0 Å². The third-order valence-electron chi connectivity index (χ3n) is 4.11. The quantitative estimate of drug-likeness (QED) is 0.842. The van der Waals surface area contributed by atoms with Crippen LogP contribution >= 0.6 is 0 Å². The smallest absolute Gasteiger partial charge is 0.290 e. The highest BCUT2D eigenvalue weighted by Crippen LogP contribution is 2.40.